The summed E-state index contributed by atoms with van der Waals surface area (Å²) in [4.78, 5) is 12.7. The lowest BCUT2D eigenvalue weighted by Crippen LogP contribution is -2.32. The number of halogens is 1. The number of nitrogens with one attached hydrogen (secondary N) is 1. The number of hydrogen-bond donors (Lipinski definition) is 3. The van der Waals surface area contributed by atoms with Crippen LogP contribution in [0.2, 0.25) is 0 Å². The van der Waals surface area contributed by atoms with Gasteiger partial charge in [0.05, 0.1) is 12.1 Å². The molecule has 0 unspecified atom stereocenters. The fourth-order valence-corrected chi connectivity index (χ4v) is 4.43. The number of aromatic nitrogens is 2. The first-order chi connectivity index (χ1) is 13.6. The standard InChI is InChI=1S/C21H30FN3O4S.H3N/c1-12(2)15-8-14(22)9-16(13(3)4)17(15)10-19(26)24-30(28,29)20-11-18(21(5,6)27)25(7)23-20;/h8-9,11-13,27H,10H2,1-7H3,(H,24,26);1H3. The highest BCUT2D eigenvalue weighted by Gasteiger charge is 2.28. The maximum atomic E-state index is 14.1. The van der Waals surface area contributed by atoms with Crippen molar-refractivity contribution in [3.8, 4) is 0 Å². The Labute approximate surface area is 183 Å². The number of carbonyl (C=O) groups excluding carboxylic acids is 1. The maximum absolute atomic E-state index is 14.1. The van der Waals surface area contributed by atoms with Gasteiger partial charge in [0.25, 0.3) is 10.0 Å². The Kier molecular flexibility index (Phi) is 8.15. The molecule has 1 heterocycles. The van der Waals surface area contributed by atoms with E-state index in [1.54, 1.807) is 0 Å². The molecule has 0 atom stereocenters. The minimum atomic E-state index is -4.23. The van der Waals surface area contributed by atoms with E-state index in [0.717, 1.165) is 0 Å². The summed E-state index contributed by atoms with van der Waals surface area (Å²) in [6.07, 6.45) is -0.203. The predicted octanol–water partition coefficient (Wildman–Crippen LogP) is 3.24. The number of nitrogens with zero attached hydrogens (tertiary/aromatic N) is 2. The van der Waals surface area contributed by atoms with E-state index >= 15 is 0 Å². The minimum absolute atomic E-state index is 0. The molecule has 0 radical (unpaired) electrons. The first kappa shape index (κ1) is 26.7. The van der Waals surface area contributed by atoms with Gasteiger partial charge in [-0.2, -0.15) is 13.5 Å². The third kappa shape index (κ3) is 6.11. The molecule has 0 saturated heterocycles. The SMILES string of the molecule is CC(C)c1cc(F)cc(C(C)C)c1CC(=O)NS(=O)(=O)c1cc(C(C)(C)O)n(C)n1.N. The molecule has 5 N–H and O–H groups in total. The van der Waals surface area contributed by atoms with Crippen molar-refractivity contribution < 1.29 is 22.7 Å². The van der Waals surface area contributed by atoms with Crippen LogP contribution in [-0.4, -0.2) is 29.2 Å². The van der Waals surface area contributed by atoms with Gasteiger partial charge in [0, 0.05) is 13.1 Å². The molecule has 1 amide bonds. The van der Waals surface area contributed by atoms with Gasteiger partial charge in [-0.1, -0.05) is 27.7 Å². The average molecular weight is 457 g/mol. The summed E-state index contributed by atoms with van der Waals surface area (Å²) in [7, 11) is -2.72. The molecule has 0 spiro atoms. The van der Waals surface area contributed by atoms with Crippen LogP contribution in [0.1, 0.15) is 75.8 Å². The van der Waals surface area contributed by atoms with Crippen molar-refractivity contribution in [1.82, 2.24) is 20.7 Å². The van der Waals surface area contributed by atoms with E-state index < -0.39 is 21.5 Å². The summed E-state index contributed by atoms with van der Waals surface area (Å²) in [5, 5.41) is 13.7. The van der Waals surface area contributed by atoms with E-state index in [0.29, 0.717) is 16.7 Å². The van der Waals surface area contributed by atoms with Gasteiger partial charge in [-0.05, 0) is 54.5 Å². The zero-order valence-corrected chi connectivity index (χ0v) is 20.0. The first-order valence-corrected chi connectivity index (χ1v) is 11.3. The number of sulfonamides is 1. The average Bonchev–Trinajstić information content (AvgIpc) is 2.98. The van der Waals surface area contributed by atoms with E-state index in [1.165, 1.54) is 43.8 Å². The Morgan fingerprint density at radius 3 is 2.03 bits per heavy atom. The second kappa shape index (κ2) is 9.46. The van der Waals surface area contributed by atoms with Gasteiger partial charge in [-0.15, -0.1) is 0 Å². The van der Waals surface area contributed by atoms with Crippen LogP contribution in [0.5, 0.6) is 0 Å². The van der Waals surface area contributed by atoms with Crippen molar-refractivity contribution in [3.05, 3.63) is 46.4 Å². The smallest absolute Gasteiger partial charge is 0.283 e. The normalized spacial score (nSPS) is 12.2. The predicted molar refractivity (Wildman–Crippen MR) is 117 cm³/mol. The summed E-state index contributed by atoms with van der Waals surface area (Å²) in [6.45, 7) is 10.6. The van der Waals surface area contributed by atoms with Gasteiger partial charge < -0.3 is 11.3 Å². The van der Waals surface area contributed by atoms with Crippen molar-refractivity contribution in [1.29, 1.82) is 0 Å². The quantitative estimate of drug-likeness (QED) is 0.585. The second-order valence-electron chi connectivity index (χ2n) is 8.63. The van der Waals surface area contributed by atoms with E-state index in [-0.39, 0.29) is 40.9 Å². The molecule has 0 aliphatic carbocycles. The highest BCUT2D eigenvalue weighted by molar-refractivity contribution is 7.90. The highest BCUT2D eigenvalue weighted by Crippen LogP contribution is 2.30. The molecule has 31 heavy (non-hydrogen) atoms. The number of carbonyl (C=O) groups is 1. The number of aliphatic hydroxyl groups is 1. The topological polar surface area (TPSA) is 136 Å². The van der Waals surface area contributed by atoms with Gasteiger partial charge in [-0.3, -0.25) is 9.48 Å². The van der Waals surface area contributed by atoms with Crippen LogP contribution in [0.15, 0.2) is 23.2 Å². The summed E-state index contributed by atoms with van der Waals surface area (Å²) < 4.78 is 42.7. The largest absolute Gasteiger partial charge is 0.384 e. The Balaban J connectivity index is 0.00000480. The molecule has 1 aromatic carbocycles. The molecule has 174 valence electrons. The van der Waals surface area contributed by atoms with Gasteiger partial charge >= 0.3 is 0 Å². The fraction of sp³-hybridized carbons (Fsp3) is 0.524. The molecule has 8 nitrogen and oxygen atoms in total. The van der Waals surface area contributed by atoms with Crippen LogP contribution >= 0.6 is 0 Å². The fourth-order valence-electron chi connectivity index (χ4n) is 3.46. The van der Waals surface area contributed by atoms with Crippen molar-refractivity contribution in [2.24, 2.45) is 7.05 Å². The Bertz CT molecular complexity index is 1020. The number of hydrogen-bond acceptors (Lipinski definition) is 6. The van der Waals surface area contributed by atoms with Crippen LogP contribution in [0.25, 0.3) is 0 Å². The molecule has 0 aliphatic rings. The molecule has 2 rings (SSSR count). The molecule has 0 fully saturated rings. The second-order valence-corrected chi connectivity index (χ2v) is 10.3. The Hall–Kier alpha value is -2.30. The van der Waals surface area contributed by atoms with E-state index in [1.807, 2.05) is 32.4 Å². The molecule has 1 aromatic heterocycles. The van der Waals surface area contributed by atoms with Gasteiger partial charge in [-0.25, -0.2) is 9.11 Å². The molecular formula is C21H33FN4O4S. The Morgan fingerprint density at radius 2 is 1.65 bits per heavy atom. The summed E-state index contributed by atoms with van der Waals surface area (Å²) in [6, 6.07) is 4.01. The van der Waals surface area contributed by atoms with Crippen LogP contribution in [0.4, 0.5) is 4.39 Å². The molecular weight excluding hydrogens is 423 g/mol. The molecule has 0 bridgehead atoms. The number of aryl methyl sites for hydroxylation is 1. The molecule has 0 aliphatic heterocycles. The van der Waals surface area contributed by atoms with Crippen molar-refractivity contribution in [3.63, 3.8) is 0 Å². The van der Waals surface area contributed by atoms with Crippen molar-refractivity contribution in [2.45, 2.75) is 70.4 Å². The van der Waals surface area contributed by atoms with Crippen LogP contribution in [0, 0.1) is 5.82 Å². The summed E-state index contributed by atoms with van der Waals surface area (Å²) in [5.41, 5.74) is 0.971. The number of rotatable bonds is 7. The Morgan fingerprint density at radius 1 is 1.16 bits per heavy atom. The number of amides is 1. The van der Waals surface area contributed by atoms with Gasteiger partial charge in [0.15, 0.2) is 5.03 Å². The molecule has 2 aromatic rings. The minimum Gasteiger partial charge on any atom is -0.384 e. The zero-order valence-electron chi connectivity index (χ0n) is 19.2. The molecule has 10 heteroatoms. The van der Waals surface area contributed by atoms with Gasteiger partial charge in [0.2, 0.25) is 5.91 Å². The lowest BCUT2D eigenvalue weighted by Gasteiger charge is -2.19. The monoisotopic (exact) mass is 456 g/mol. The highest BCUT2D eigenvalue weighted by atomic mass is 32.2. The van der Waals surface area contributed by atoms with E-state index in [2.05, 4.69) is 5.10 Å². The number of benzene rings is 1. The van der Waals surface area contributed by atoms with Crippen molar-refractivity contribution in [2.75, 3.05) is 0 Å². The van der Waals surface area contributed by atoms with Crippen LogP contribution < -0.4 is 10.9 Å². The lowest BCUT2D eigenvalue weighted by molar-refractivity contribution is -0.118. The van der Waals surface area contributed by atoms with Crippen LogP contribution in [0.3, 0.4) is 0 Å². The summed E-state index contributed by atoms with van der Waals surface area (Å²) >= 11 is 0. The van der Waals surface area contributed by atoms with Gasteiger partial charge in [0.1, 0.15) is 11.4 Å². The zero-order chi connectivity index (χ0) is 23.0. The van der Waals surface area contributed by atoms with Crippen molar-refractivity contribution >= 4 is 15.9 Å². The lowest BCUT2D eigenvalue weighted by atomic mass is 9.87. The first-order valence-electron chi connectivity index (χ1n) is 9.78. The maximum Gasteiger partial charge on any atom is 0.283 e. The van der Waals surface area contributed by atoms with Crippen LogP contribution in [-0.2, 0) is 33.9 Å². The molecule has 0 saturated carbocycles. The summed E-state index contributed by atoms with van der Waals surface area (Å²) in [5.74, 6) is -1.20. The van der Waals surface area contributed by atoms with E-state index in [4.69, 9.17) is 0 Å². The third-order valence-corrected chi connectivity index (χ3v) is 6.12. The third-order valence-electron chi connectivity index (χ3n) is 4.87. The van der Waals surface area contributed by atoms with E-state index in [9.17, 15) is 22.7 Å².